The second-order valence-corrected chi connectivity index (χ2v) is 7.77. The molecule has 6 N–H and O–H groups in total. The van der Waals surface area contributed by atoms with E-state index in [2.05, 4.69) is 9.50 Å². The molecule has 2 fully saturated rings. The lowest BCUT2D eigenvalue weighted by molar-refractivity contribution is -0.362. The van der Waals surface area contributed by atoms with Crippen LogP contribution in [0.15, 0.2) is 0 Å². The number of carbonyl (C=O) groups excluding carboxylic acids is 2. The summed E-state index contributed by atoms with van der Waals surface area (Å²) in [7, 11) is -5.48. The zero-order valence-electron chi connectivity index (χ0n) is 15.7. The Balaban J connectivity index is 2.42. The summed E-state index contributed by atoms with van der Waals surface area (Å²) in [5.41, 5.74) is 0. The van der Waals surface area contributed by atoms with Crippen LogP contribution < -0.4 is 10.4 Å². The molecule has 2 heterocycles. The number of carboxylic acid groups (broad SMARTS) is 1. The van der Waals surface area contributed by atoms with Gasteiger partial charge in [-0.15, -0.1) is 0 Å². The number of aliphatic hydroxyl groups excluding tert-OH is 5. The molecule has 16 nitrogen and oxygen atoms in total. The molecule has 1 amide bonds. The molecule has 0 spiro atoms. The number of carbonyl (C=O) groups is 2. The highest BCUT2D eigenvalue weighted by molar-refractivity contribution is 7.80. The summed E-state index contributed by atoms with van der Waals surface area (Å²) in [5.74, 6) is -2.80. The van der Waals surface area contributed by atoms with E-state index in [0.717, 1.165) is 6.92 Å². The fraction of sp³-hybridized carbons (Fsp3) is 0.857. The lowest BCUT2D eigenvalue weighted by Crippen LogP contribution is -2.69. The number of amides is 1. The first-order valence-electron chi connectivity index (χ1n) is 8.68. The largest absolute Gasteiger partial charge is 0.726 e. The van der Waals surface area contributed by atoms with Crippen LogP contribution in [0.2, 0.25) is 0 Å². The number of carboxylic acids is 1. The molecule has 180 valence electrons. The minimum Gasteiger partial charge on any atom is -0.726 e. The minimum absolute atomic E-state index is 0.805. The van der Waals surface area contributed by atoms with Gasteiger partial charge in [0.25, 0.3) is 0 Å². The molecule has 0 saturated carbocycles. The second-order valence-electron chi connectivity index (χ2n) is 6.76. The van der Waals surface area contributed by atoms with Crippen LogP contribution in [0.4, 0.5) is 0 Å². The summed E-state index contributed by atoms with van der Waals surface area (Å²) in [4.78, 5) is 22.6. The lowest BCUT2D eigenvalue weighted by Gasteiger charge is -2.47. The summed E-state index contributed by atoms with van der Waals surface area (Å²) in [5, 5.41) is 62.4. The summed E-state index contributed by atoms with van der Waals surface area (Å²) < 4.78 is 52.9. The third-order valence-electron chi connectivity index (χ3n) is 4.54. The van der Waals surface area contributed by atoms with Crippen molar-refractivity contribution in [3.8, 4) is 0 Å². The molecule has 2 saturated heterocycles. The predicted molar refractivity (Wildman–Crippen MR) is 86.7 cm³/mol. The Bertz CT molecular complexity index is 761. The van der Waals surface area contributed by atoms with Crippen molar-refractivity contribution >= 4 is 22.3 Å². The number of ether oxygens (including phenoxy) is 3. The van der Waals surface area contributed by atoms with Crippen LogP contribution in [0.5, 0.6) is 0 Å². The van der Waals surface area contributed by atoms with Gasteiger partial charge >= 0.3 is 0 Å². The number of aliphatic carboxylic acids is 1. The Hall–Kier alpha value is -1.51. The Kier molecular flexibility index (Phi) is 8.27. The molecule has 0 radical (unpaired) electrons. The van der Waals surface area contributed by atoms with Gasteiger partial charge in [0, 0.05) is 6.92 Å². The Morgan fingerprint density at radius 1 is 1.06 bits per heavy atom. The van der Waals surface area contributed by atoms with E-state index in [9.17, 15) is 53.2 Å². The van der Waals surface area contributed by atoms with Gasteiger partial charge < -0.3 is 59.5 Å². The molecule has 0 aliphatic carbocycles. The molecule has 2 rings (SSSR count). The van der Waals surface area contributed by atoms with Crippen molar-refractivity contribution in [3.63, 3.8) is 0 Å². The summed E-state index contributed by atoms with van der Waals surface area (Å²) in [6.07, 6.45) is -18.3. The normalized spacial score (nSPS) is 41.5. The smallest absolute Gasteiger partial charge is 0.218 e. The summed E-state index contributed by atoms with van der Waals surface area (Å²) >= 11 is 0. The topological polar surface area (TPSA) is 264 Å². The van der Waals surface area contributed by atoms with Crippen LogP contribution >= 0.6 is 0 Å². The average molecular weight is 475 g/mol. The molecular weight excluding hydrogens is 454 g/mol. The number of rotatable bonds is 7. The highest BCUT2D eigenvalue weighted by atomic mass is 32.3. The van der Waals surface area contributed by atoms with Crippen LogP contribution in [0.25, 0.3) is 0 Å². The zero-order valence-corrected chi connectivity index (χ0v) is 16.5. The molecule has 0 unspecified atom stereocenters. The van der Waals surface area contributed by atoms with Crippen molar-refractivity contribution in [2.75, 3.05) is 6.61 Å². The first-order valence-corrected chi connectivity index (χ1v) is 10.0. The molecule has 0 aromatic carbocycles. The van der Waals surface area contributed by atoms with Crippen molar-refractivity contribution in [2.24, 2.45) is 0 Å². The maximum absolute atomic E-state index is 11.5. The molecule has 10 atom stereocenters. The van der Waals surface area contributed by atoms with E-state index in [4.69, 9.17) is 14.2 Å². The first-order chi connectivity index (χ1) is 14.3. The minimum atomic E-state index is -5.48. The second kappa shape index (κ2) is 9.96. The molecule has 2 aliphatic heterocycles. The molecule has 0 aromatic heterocycles. The van der Waals surface area contributed by atoms with Gasteiger partial charge in [0.1, 0.15) is 48.8 Å². The molecule has 0 bridgehead atoms. The molecule has 17 heteroatoms. The zero-order chi connectivity index (χ0) is 23.7. The van der Waals surface area contributed by atoms with E-state index in [0.29, 0.717) is 0 Å². The van der Waals surface area contributed by atoms with Gasteiger partial charge in [0.15, 0.2) is 12.6 Å². The van der Waals surface area contributed by atoms with Gasteiger partial charge in [-0.25, -0.2) is 8.42 Å². The molecule has 2 aliphatic rings. The number of aliphatic hydroxyl groups is 5. The third-order valence-corrected chi connectivity index (χ3v) is 5.00. The number of nitrogens with one attached hydrogen (secondary N) is 1. The Morgan fingerprint density at radius 3 is 2.16 bits per heavy atom. The van der Waals surface area contributed by atoms with Gasteiger partial charge in [-0.1, -0.05) is 0 Å². The highest BCUT2D eigenvalue weighted by Crippen LogP contribution is 2.30. The van der Waals surface area contributed by atoms with Crippen LogP contribution in [0.3, 0.4) is 0 Å². The maximum atomic E-state index is 11.5. The van der Waals surface area contributed by atoms with Crippen molar-refractivity contribution in [3.05, 3.63) is 0 Å². The van der Waals surface area contributed by atoms with Crippen molar-refractivity contribution in [2.45, 2.75) is 68.3 Å². The third kappa shape index (κ3) is 6.05. The highest BCUT2D eigenvalue weighted by Gasteiger charge is 2.52. The quantitative estimate of drug-likeness (QED) is 0.147. The molecule has 31 heavy (non-hydrogen) atoms. The van der Waals surface area contributed by atoms with E-state index in [1.165, 1.54) is 0 Å². The van der Waals surface area contributed by atoms with Crippen LogP contribution in [-0.2, 0) is 38.4 Å². The number of hydrogen-bond acceptors (Lipinski definition) is 15. The number of hydrogen-bond donors (Lipinski definition) is 6. The van der Waals surface area contributed by atoms with Gasteiger partial charge in [0.05, 0.1) is 12.6 Å². The van der Waals surface area contributed by atoms with Gasteiger partial charge in [-0.2, -0.15) is 0 Å². The fourth-order valence-corrected chi connectivity index (χ4v) is 3.68. The van der Waals surface area contributed by atoms with Gasteiger partial charge in [0.2, 0.25) is 16.3 Å². The standard InChI is InChI=1S/C14H23NO15S/c1-3(17)15-5-10(9(30-31(24,25)26)4(2-16)27-13(5)23)28-14-8(20)6(18)7(19)11(29-14)12(21)22/h4-11,13-14,16,18-20,23H,2H2,1H3,(H,15,17)(H,21,22)(H,24,25,26)/p-2/t4-,5-,6+,7+,8-,9-,10-,11-,13-,14-/m1/s1. The Labute approximate surface area is 174 Å². The first kappa shape index (κ1) is 25.7. The van der Waals surface area contributed by atoms with Crippen molar-refractivity contribution in [1.29, 1.82) is 0 Å². The Morgan fingerprint density at radius 2 is 1.68 bits per heavy atom. The van der Waals surface area contributed by atoms with E-state index in [1.54, 1.807) is 0 Å². The molecule has 0 aromatic rings. The monoisotopic (exact) mass is 475 g/mol. The van der Waals surface area contributed by atoms with Crippen LogP contribution in [0, 0.1) is 0 Å². The summed E-state index contributed by atoms with van der Waals surface area (Å²) in [6.45, 7) is -0.0265. The van der Waals surface area contributed by atoms with E-state index in [1.807, 2.05) is 0 Å². The van der Waals surface area contributed by atoms with E-state index in [-0.39, 0.29) is 0 Å². The lowest BCUT2D eigenvalue weighted by atomic mass is 9.95. The molecular formula is C14H21NO15S-2. The van der Waals surface area contributed by atoms with Crippen LogP contribution in [0.1, 0.15) is 6.92 Å². The fourth-order valence-electron chi connectivity index (χ4n) is 3.18. The van der Waals surface area contributed by atoms with Crippen LogP contribution in [-0.4, -0.2) is 118 Å². The average Bonchev–Trinajstić information content (AvgIpc) is 2.64. The van der Waals surface area contributed by atoms with Crippen molar-refractivity contribution < 1.29 is 71.6 Å². The predicted octanol–water partition coefficient (Wildman–Crippen LogP) is -7.01. The van der Waals surface area contributed by atoms with Gasteiger partial charge in [-0.3, -0.25) is 8.98 Å². The SMILES string of the molecule is CC(=O)N[C@@H]1[C@@H](O[C@@H]2O[C@@H](C(=O)[O-])[C@@H](O)[C@H](O)[C@H]2O)[C@H](OS(=O)(=O)[O-])[C@@H](CO)O[C@H]1O. The summed E-state index contributed by atoms with van der Waals surface area (Å²) in [6, 6.07) is -1.69. The van der Waals surface area contributed by atoms with Crippen molar-refractivity contribution in [1.82, 2.24) is 5.32 Å². The van der Waals surface area contributed by atoms with Gasteiger partial charge in [-0.05, 0) is 0 Å². The maximum Gasteiger partial charge on any atom is 0.218 e. The van der Waals surface area contributed by atoms with E-state index >= 15 is 0 Å². The van der Waals surface area contributed by atoms with E-state index < -0.39 is 90.2 Å².